The molecule has 7 heteroatoms. The van der Waals surface area contributed by atoms with Gasteiger partial charge in [-0.25, -0.2) is 0 Å². The molecule has 2 heterocycles. The van der Waals surface area contributed by atoms with E-state index in [0.29, 0.717) is 38.2 Å². The summed E-state index contributed by atoms with van der Waals surface area (Å²) in [5.74, 6) is 0.124. The number of carbonyl (C=O) groups is 3. The van der Waals surface area contributed by atoms with E-state index in [1.54, 1.807) is 7.11 Å². The van der Waals surface area contributed by atoms with E-state index >= 15 is 0 Å². The summed E-state index contributed by atoms with van der Waals surface area (Å²) in [5.41, 5.74) is 1.64. The van der Waals surface area contributed by atoms with Gasteiger partial charge < -0.3 is 19.9 Å². The highest BCUT2D eigenvalue weighted by Crippen LogP contribution is 2.42. The van der Waals surface area contributed by atoms with Crippen LogP contribution >= 0.6 is 0 Å². The molecule has 192 valence electrons. The largest absolute Gasteiger partial charge is 0.496 e. The van der Waals surface area contributed by atoms with Crippen LogP contribution in [0.4, 0.5) is 5.69 Å². The number of methoxy groups -OCH3 is 1. The number of nitrogens with one attached hydrogen (secondary N) is 1. The highest BCUT2D eigenvalue weighted by molar-refractivity contribution is 5.93. The van der Waals surface area contributed by atoms with E-state index in [1.165, 1.54) is 0 Å². The molecule has 2 aromatic rings. The number of nitrogens with zero attached hydrogens (tertiary/aromatic N) is 2. The lowest BCUT2D eigenvalue weighted by Crippen LogP contribution is -2.52. The average Bonchev–Trinajstić information content (AvgIpc) is 2.92. The minimum Gasteiger partial charge on any atom is -0.496 e. The second-order valence-corrected chi connectivity index (χ2v) is 9.75. The number of likely N-dealkylation sites (tertiary alicyclic amines) is 2. The predicted octanol–water partition coefficient (Wildman–Crippen LogP) is 4.65. The molecule has 7 nitrogen and oxygen atoms in total. The first-order valence-electron chi connectivity index (χ1n) is 13.1. The number of piperidine rings is 2. The van der Waals surface area contributed by atoms with E-state index in [-0.39, 0.29) is 35.6 Å². The van der Waals surface area contributed by atoms with Crippen molar-refractivity contribution in [3.8, 4) is 5.75 Å². The minimum atomic E-state index is -0.375. The number of anilines is 1. The van der Waals surface area contributed by atoms with Crippen LogP contribution in [0.25, 0.3) is 0 Å². The normalized spacial score (nSPS) is 22.3. The molecule has 0 spiro atoms. The Morgan fingerprint density at radius 1 is 1.06 bits per heavy atom. The van der Waals surface area contributed by atoms with Crippen LogP contribution in [0.5, 0.6) is 5.75 Å². The van der Waals surface area contributed by atoms with E-state index in [0.717, 1.165) is 36.9 Å². The van der Waals surface area contributed by atoms with Gasteiger partial charge in [-0.1, -0.05) is 49.7 Å². The molecule has 2 aliphatic rings. The standard InChI is InChI=1S/C29H37N3O4/c1-3-4-19-32-26(33)17-16-24(27(32)23-14-8-9-15-25(23)36-2)29(35)31-18-10-11-21(20-31)28(34)30-22-12-6-5-7-13-22/h5-9,12-15,21,24,27H,3-4,10-11,16-20H2,1-2H3,(H,30,34)/t21-,24-,27+/m0/s1. The first kappa shape index (κ1) is 25.7. The Bertz CT molecular complexity index is 1060. The van der Waals surface area contributed by atoms with Crippen LogP contribution in [0.1, 0.15) is 57.1 Å². The summed E-state index contributed by atoms with van der Waals surface area (Å²) < 4.78 is 5.65. The van der Waals surface area contributed by atoms with Gasteiger partial charge in [0, 0.05) is 37.3 Å². The van der Waals surface area contributed by atoms with Crippen molar-refractivity contribution >= 4 is 23.4 Å². The summed E-state index contributed by atoms with van der Waals surface area (Å²) >= 11 is 0. The van der Waals surface area contributed by atoms with Gasteiger partial charge >= 0.3 is 0 Å². The van der Waals surface area contributed by atoms with Gasteiger partial charge in [0.15, 0.2) is 0 Å². The topological polar surface area (TPSA) is 79.0 Å². The fraction of sp³-hybridized carbons (Fsp3) is 0.483. The zero-order valence-electron chi connectivity index (χ0n) is 21.3. The quantitative estimate of drug-likeness (QED) is 0.583. The Balaban J connectivity index is 1.56. The average molecular weight is 492 g/mol. The van der Waals surface area contributed by atoms with Crippen molar-refractivity contribution in [2.45, 2.75) is 51.5 Å². The molecule has 4 rings (SSSR count). The molecule has 36 heavy (non-hydrogen) atoms. The van der Waals surface area contributed by atoms with E-state index in [1.807, 2.05) is 64.4 Å². The Hall–Kier alpha value is -3.35. The maximum Gasteiger partial charge on any atom is 0.229 e. The molecule has 2 aromatic carbocycles. The summed E-state index contributed by atoms with van der Waals surface area (Å²) in [6, 6.07) is 16.7. The van der Waals surface area contributed by atoms with Gasteiger partial charge in [0.1, 0.15) is 5.75 Å². The Kier molecular flexibility index (Phi) is 8.62. The molecular formula is C29H37N3O4. The summed E-state index contributed by atoms with van der Waals surface area (Å²) in [6.45, 7) is 3.75. The van der Waals surface area contributed by atoms with Crippen LogP contribution in [0.3, 0.4) is 0 Å². The smallest absolute Gasteiger partial charge is 0.229 e. The zero-order chi connectivity index (χ0) is 25.5. The molecule has 2 saturated heterocycles. The number of benzene rings is 2. The number of ether oxygens (including phenoxy) is 1. The summed E-state index contributed by atoms with van der Waals surface area (Å²) in [7, 11) is 1.62. The van der Waals surface area contributed by atoms with Crippen LogP contribution in [0, 0.1) is 11.8 Å². The van der Waals surface area contributed by atoms with Crippen molar-refractivity contribution in [3.05, 3.63) is 60.2 Å². The highest BCUT2D eigenvalue weighted by Gasteiger charge is 2.44. The molecule has 3 amide bonds. The Labute approximate surface area is 213 Å². The molecular weight excluding hydrogens is 454 g/mol. The number of para-hydroxylation sites is 2. The van der Waals surface area contributed by atoms with Crippen molar-refractivity contribution in [1.82, 2.24) is 9.80 Å². The molecule has 2 aliphatic heterocycles. The third-order valence-corrected chi connectivity index (χ3v) is 7.38. The monoisotopic (exact) mass is 491 g/mol. The van der Waals surface area contributed by atoms with Gasteiger partial charge in [-0.05, 0) is 43.9 Å². The lowest BCUT2D eigenvalue weighted by atomic mass is 9.82. The SMILES string of the molecule is CCCCN1C(=O)CC[C@H](C(=O)N2CCC[C@H](C(=O)Nc3ccccc3)C2)[C@H]1c1ccccc1OC. The minimum absolute atomic E-state index is 0.0251. The lowest BCUT2D eigenvalue weighted by Gasteiger charge is -2.44. The van der Waals surface area contributed by atoms with Crippen LogP contribution in [-0.2, 0) is 14.4 Å². The summed E-state index contributed by atoms with van der Waals surface area (Å²) in [4.78, 5) is 43.8. The molecule has 0 radical (unpaired) electrons. The van der Waals surface area contributed by atoms with Gasteiger partial charge in [-0.3, -0.25) is 14.4 Å². The van der Waals surface area contributed by atoms with Gasteiger partial charge in [0.25, 0.3) is 0 Å². The molecule has 3 atom stereocenters. The van der Waals surface area contributed by atoms with Gasteiger partial charge in [0.2, 0.25) is 17.7 Å². The van der Waals surface area contributed by atoms with E-state index < -0.39 is 0 Å². The van der Waals surface area contributed by atoms with E-state index in [9.17, 15) is 14.4 Å². The fourth-order valence-corrected chi connectivity index (χ4v) is 5.49. The number of carbonyl (C=O) groups excluding carboxylic acids is 3. The Morgan fingerprint density at radius 3 is 2.56 bits per heavy atom. The molecule has 0 bridgehead atoms. The van der Waals surface area contributed by atoms with Crippen LogP contribution in [-0.4, -0.2) is 54.3 Å². The van der Waals surface area contributed by atoms with Crippen molar-refractivity contribution in [1.29, 1.82) is 0 Å². The van der Waals surface area contributed by atoms with Crippen molar-refractivity contribution in [2.24, 2.45) is 11.8 Å². The molecule has 0 aliphatic carbocycles. The number of amides is 3. The van der Waals surface area contributed by atoms with Crippen LogP contribution in [0.15, 0.2) is 54.6 Å². The van der Waals surface area contributed by atoms with Crippen LogP contribution < -0.4 is 10.1 Å². The molecule has 0 unspecified atom stereocenters. The third-order valence-electron chi connectivity index (χ3n) is 7.38. The lowest BCUT2D eigenvalue weighted by molar-refractivity contribution is -0.149. The molecule has 2 fully saturated rings. The van der Waals surface area contributed by atoms with Crippen molar-refractivity contribution < 1.29 is 19.1 Å². The zero-order valence-corrected chi connectivity index (χ0v) is 21.3. The number of hydrogen-bond donors (Lipinski definition) is 1. The number of unbranched alkanes of at least 4 members (excludes halogenated alkanes) is 1. The first-order valence-corrected chi connectivity index (χ1v) is 13.1. The van der Waals surface area contributed by atoms with Crippen LogP contribution in [0.2, 0.25) is 0 Å². The van der Waals surface area contributed by atoms with E-state index in [2.05, 4.69) is 12.2 Å². The first-order chi connectivity index (χ1) is 17.5. The third kappa shape index (κ3) is 5.72. The second kappa shape index (κ2) is 12.1. The molecule has 0 saturated carbocycles. The van der Waals surface area contributed by atoms with Gasteiger partial charge in [-0.15, -0.1) is 0 Å². The van der Waals surface area contributed by atoms with Gasteiger partial charge in [0.05, 0.1) is 25.0 Å². The van der Waals surface area contributed by atoms with Crippen molar-refractivity contribution in [2.75, 3.05) is 32.1 Å². The number of rotatable bonds is 8. The predicted molar refractivity (Wildman–Crippen MR) is 139 cm³/mol. The van der Waals surface area contributed by atoms with Gasteiger partial charge in [-0.2, -0.15) is 0 Å². The van der Waals surface area contributed by atoms with E-state index in [4.69, 9.17) is 4.74 Å². The molecule has 0 aromatic heterocycles. The summed E-state index contributed by atoms with van der Waals surface area (Å²) in [6.07, 6.45) is 4.24. The summed E-state index contributed by atoms with van der Waals surface area (Å²) in [5, 5.41) is 2.99. The molecule has 1 N–H and O–H groups in total. The Morgan fingerprint density at radius 2 is 1.81 bits per heavy atom. The maximum absolute atomic E-state index is 14.0. The fourth-order valence-electron chi connectivity index (χ4n) is 5.49. The number of hydrogen-bond acceptors (Lipinski definition) is 4. The second-order valence-electron chi connectivity index (χ2n) is 9.75. The van der Waals surface area contributed by atoms with Crippen molar-refractivity contribution in [3.63, 3.8) is 0 Å². The highest BCUT2D eigenvalue weighted by atomic mass is 16.5. The maximum atomic E-state index is 14.0.